The summed E-state index contributed by atoms with van der Waals surface area (Å²) in [5.41, 5.74) is 0.581. The number of hydrogen-bond acceptors (Lipinski definition) is 6. The molecule has 124 valence electrons. The maximum Gasteiger partial charge on any atom is 0.372 e. The van der Waals surface area contributed by atoms with Gasteiger partial charge >= 0.3 is 5.82 Å². The monoisotopic (exact) mass is 337 g/mol. The van der Waals surface area contributed by atoms with E-state index in [0.29, 0.717) is 30.3 Å². The van der Waals surface area contributed by atoms with Crippen molar-refractivity contribution in [3.8, 4) is 0 Å². The number of imidazole rings is 1. The summed E-state index contributed by atoms with van der Waals surface area (Å²) >= 11 is 0. The molecular weight excluding hydrogens is 318 g/mol. The smallest absolute Gasteiger partial charge is 0.358 e. The van der Waals surface area contributed by atoms with Gasteiger partial charge in [-0.15, -0.1) is 0 Å². The first-order valence-corrected chi connectivity index (χ1v) is 9.18. The lowest BCUT2D eigenvalue weighted by Gasteiger charge is -2.34. The highest BCUT2D eigenvalue weighted by molar-refractivity contribution is 7.84. The van der Waals surface area contributed by atoms with Gasteiger partial charge in [0.05, 0.1) is 6.20 Å². The van der Waals surface area contributed by atoms with Crippen molar-refractivity contribution in [3.63, 3.8) is 0 Å². The van der Waals surface area contributed by atoms with E-state index in [1.807, 2.05) is 11.0 Å². The maximum atomic E-state index is 11.5. The van der Waals surface area contributed by atoms with Crippen LogP contribution in [0.15, 0.2) is 24.4 Å². The van der Waals surface area contributed by atoms with E-state index in [2.05, 4.69) is 9.88 Å². The molecule has 0 unspecified atom stereocenters. The zero-order valence-electron chi connectivity index (χ0n) is 12.9. The number of pyridine rings is 1. The van der Waals surface area contributed by atoms with Gasteiger partial charge in [-0.1, -0.05) is 6.07 Å². The van der Waals surface area contributed by atoms with Crippen LogP contribution in [0.4, 0.5) is 11.6 Å². The fraction of sp³-hybridized carbons (Fsp3) is 0.500. The Balaban J connectivity index is 1.78. The van der Waals surface area contributed by atoms with Gasteiger partial charge in [0.25, 0.3) is 0 Å². The molecule has 0 spiro atoms. The van der Waals surface area contributed by atoms with Crippen molar-refractivity contribution in [2.45, 2.75) is 0 Å². The molecule has 1 fully saturated rings. The minimum Gasteiger partial charge on any atom is -0.358 e. The van der Waals surface area contributed by atoms with Crippen LogP contribution in [-0.4, -0.2) is 68.1 Å². The Morgan fingerprint density at radius 3 is 2.70 bits per heavy atom. The Morgan fingerprint density at radius 2 is 2.04 bits per heavy atom. The molecule has 2 aromatic rings. The van der Waals surface area contributed by atoms with Crippen molar-refractivity contribution in [1.82, 2.24) is 14.3 Å². The molecule has 0 saturated carbocycles. The largest absolute Gasteiger partial charge is 0.372 e. The third-order valence-electron chi connectivity index (χ3n) is 4.03. The van der Waals surface area contributed by atoms with Crippen LogP contribution >= 0.6 is 0 Å². The van der Waals surface area contributed by atoms with Gasteiger partial charge < -0.3 is 15.0 Å². The molecule has 1 saturated heterocycles. The average Bonchev–Trinajstić information content (AvgIpc) is 2.93. The molecule has 1 aliphatic heterocycles. The zero-order valence-corrected chi connectivity index (χ0v) is 13.7. The minimum absolute atomic E-state index is 0.0173. The highest BCUT2D eigenvalue weighted by Crippen LogP contribution is 2.29. The first-order valence-electron chi connectivity index (χ1n) is 7.45. The van der Waals surface area contributed by atoms with Gasteiger partial charge in [0.1, 0.15) is 0 Å². The summed E-state index contributed by atoms with van der Waals surface area (Å²) in [5, 5.41) is 11.5. The zero-order chi connectivity index (χ0) is 16.4. The fourth-order valence-electron chi connectivity index (χ4n) is 2.79. The Morgan fingerprint density at radius 1 is 1.30 bits per heavy atom. The van der Waals surface area contributed by atoms with Crippen molar-refractivity contribution in [3.05, 3.63) is 34.5 Å². The summed E-state index contributed by atoms with van der Waals surface area (Å²) in [6, 6.07) is 5.34. The second-order valence-electron chi connectivity index (χ2n) is 5.55. The number of hydrogen-bond donors (Lipinski definition) is 0. The van der Waals surface area contributed by atoms with E-state index in [1.54, 1.807) is 24.6 Å². The van der Waals surface area contributed by atoms with E-state index >= 15 is 0 Å². The molecule has 0 bridgehead atoms. The first kappa shape index (κ1) is 15.9. The van der Waals surface area contributed by atoms with Gasteiger partial charge in [-0.2, -0.15) is 9.38 Å². The number of rotatable bonds is 5. The average molecular weight is 337 g/mol. The number of nitrogens with zero attached hydrogens (tertiary/aromatic N) is 5. The molecule has 1 aliphatic rings. The summed E-state index contributed by atoms with van der Waals surface area (Å²) in [4.78, 5) is 19.7. The molecule has 0 radical (unpaired) electrons. The van der Waals surface area contributed by atoms with Crippen LogP contribution in [0.5, 0.6) is 0 Å². The minimum atomic E-state index is -0.793. The van der Waals surface area contributed by atoms with E-state index in [1.165, 1.54) is 4.40 Å². The highest BCUT2D eigenvalue weighted by atomic mass is 32.2. The lowest BCUT2D eigenvalue weighted by Crippen LogP contribution is -2.47. The predicted molar refractivity (Wildman–Crippen MR) is 89.4 cm³/mol. The number of aromatic nitrogens is 2. The van der Waals surface area contributed by atoms with E-state index in [0.717, 1.165) is 19.6 Å². The van der Waals surface area contributed by atoms with Crippen LogP contribution < -0.4 is 4.90 Å². The van der Waals surface area contributed by atoms with Crippen LogP contribution in [0, 0.1) is 10.1 Å². The predicted octanol–water partition coefficient (Wildman–Crippen LogP) is 0.743. The highest BCUT2D eigenvalue weighted by Gasteiger charge is 2.29. The van der Waals surface area contributed by atoms with E-state index in [-0.39, 0.29) is 10.7 Å². The number of piperazine rings is 1. The van der Waals surface area contributed by atoms with E-state index in [9.17, 15) is 14.3 Å². The number of fused-ring (bicyclic) bond motifs is 1. The Bertz CT molecular complexity index is 739. The molecule has 2 aromatic heterocycles. The van der Waals surface area contributed by atoms with Crippen molar-refractivity contribution < 1.29 is 9.13 Å². The van der Waals surface area contributed by atoms with Gasteiger partial charge in [-0.3, -0.25) is 9.11 Å². The summed E-state index contributed by atoms with van der Waals surface area (Å²) in [5.74, 6) is 1.11. The number of nitro groups is 1. The van der Waals surface area contributed by atoms with E-state index < -0.39 is 10.8 Å². The van der Waals surface area contributed by atoms with Crippen molar-refractivity contribution in [2.24, 2.45) is 0 Å². The Kier molecular flexibility index (Phi) is 4.58. The molecule has 0 aliphatic carbocycles. The molecule has 0 aromatic carbocycles. The summed E-state index contributed by atoms with van der Waals surface area (Å²) < 4.78 is 12.7. The summed E-state index contributed by atoms with van der Waals surface area (Å²) in [6.45, 7) is 3.75. The second kappa shape index (κ2) is 6.63. The number of anilines is 1. The Hall–Kier alpha value is -2.00. The molecule has 0 amide bonds. The van der Waals surface area contributed by atoms with Crippen LogP contribution in [0.2, 0.25) is 0 Å². The maximum absolute atomic E-state index is 11.5. The van der Waals surface area contributed by atoms with Crippen molar-refractivity contribution in [2.75, 3.05) is 49.6 Å². The van der Waals surface area contributed by atoms with Crippen LogP contribution in [0.25, 0.3) is 5.65 Å². The van der Waals surface area contributed by atoms with Gasteiger partial charge in [0, 0.05) is 61.6 Å². The second-order valence-corrected chi connectivity index (χ2v) is 7.11. The summed E-state index contributed by atoms with van der Waals surface area (Å²) in [7, 11) is -0.793. The van der Waals surface area contributed by atoms with Crippen LogP contribution in [-0.2, 0) is 10.8 Å². The quantitative estimate of drug-likeness (QED) is 0.591. The van der Waals surface area contributed by atoms with Gasteiger partial charge in [-0.05, 0) is 11.0 Å². The standard InChI is InChI=1S/C14H19N5O3S/c1-23(22)11-10-16-6-8-17(9-7-16)13-14(19(20)21)18-5-3-2-4-12(18)15-13/h2-5H,6-11H2,1H3/t23-/m0/s1. The lowest BCUT2D eigenvalue weighted by atomic mass is 10.3. The molecule has 0 N–H and O–H groups in total. The van der Waals surface area contributed by atoms with Crippen molar-refractivity contribution in [1.29, 1.82) is 0 Å². The SMILES string of the molecule is C[S@](=O)CCN1CCN(c2nc3ccccn3c2[N+](=O)[O-])CC1. The molecule has 3 heterocycles. The van der Waals surface area contributed by atoms with Crippen LogP contribution in [0.3, 0.4) is 0 Å². The topological polar surface area (TPSA) is 84.0 Å². The van der Waals surface area contributed by atoms with Gasteiger partial charge in [-0.25, -0.2) is 0 Å². The van der Waals surface area contributed by atoms with Gasteiger partial charge in [0.2, 0.25) is 11.5 Å². The molecule has 8 nitrogen and oxygen atoms in total. The first-order chi connectivity index (χ1) is 11.1. The van der Waals surface area contributed by atoms with E-state index in [4.69, 9.17) is 0 Å². The normalized spacial score (nSPS) is 17.5. The van der Waals surface area contributed by atoms with Crippen molar-refractivity contribution >= 4 is 28.1 Å². The third-order valence-corrected chi connectivity index (χ3v) is 4.78. The molecule has 1 atom stereocenters. The summed E-state index contributed by atoms with van der Waals surface area (Å²) in [6.07, 6.45) is 3.37. The Labute approximate surface area is 136 Å². The lowest BCUT2D eigenvalue weighted by molar-refractivity contribution is -0.389. The van der Waals surface area contributed by atoms with Gasteiger partial charge in [0.15, 0.2) is 0 Å². The molecular formula is C14H19N5O3S. The molecule has 9 heteroatoms. The van der Waals surface area contributed by atoms with Crippen LogP contribution in [0.1, 0.15) is 0 Å². The molecule has 3 rings (SSSR count). The fourth-order valence-corrected chi connectivity index (χ4v) is 3.31. The third kappa shape index (κ3) is 3.35. The molecule has 23 heavy (non-hydrogen) atoms.